The third-order valence-corrected chi connectivity index (χ3v) is 5.08. The number of benzene rings is 1. The summed E-state index contributed by atoms with van der Waals surface area (Å²) >= 11 is 4.86. The Labute approximate surface area is 122 Å². The van der Waals surface area contributed by atoms with Crippen molar-refractivity contribution >= 4 is 33.5 Å². The molecule has 1 unspecified atom stereocenters. The molecule has 0 N–H and O–H groups in total. The summed E-state index contributed by atoms with van der Waals surface area (Å²) in [6, 6.07) is 7.72. The highest BCUT2D eigenvalue weighted by Gasteiger charge is 2.41. The van der Waals surface area contributed by atoms with Gasteiger partial charge in [0.15, 0.2) is 0 Å². The molecule has 0 fully saturated rings. The third kappa shape index (κ3) is 2.05. The summed E-state index contributed by atoms with van der Waals surface area (Å²) in [4.78, 5) is 5.29. The molecule has 5 heteroatoms. The number of aliphatic imine (C=N–C) groups is 1. The molecule has 0 radical (unpaired) electrons. The highest BCUT2D eigenvalue weighted by molar-refractivity contribution is 9.11. The molecule has 1 atom stereocenters. The van der Waals surface area contributed by atoms with Gasteiger partial charge < -0.3 is 0 Å². The van der Waals surface area contributed by atoms with Crippen LogP contribution >= 0.6 is 27.3 Å². The van der Waals surface area contributed by atoms with Crippen molar-refractivity contribution in [1.29, 1.82) is 0 Å². The Kier molecular flexibility index (Phi) is 3.27. The molecular formula is C14H10BrF2NS. The molecule has 1 aromatic heterocycles. The molecule has 1 nitrogen and oxygen atoms in total. The van der Waals surface area contributed by atoms with Gasteiger partial charge in [-0.3, -0.25) is 4.99 Å². The first-order valence-corrected chi connectivity index (χ1v) is 7.48. The van der Waals surface area contributed by atoms with Crippen LogP contribution in [0.25, 0.3) is 0 Å². The second kappa shape index (κ2) is 4.80. The van der Waals surface area contributed by atoms with Crippen molar-refractivity contribution in [3.63, 3.8) is 0 Å². The standard InChI is InChI=1S/C14H10BrF2NS/c15-12-6-5-11(19-12)14(7-2-8-18-14)13-9(16)3-1-4-10(13)17/h1,3-6,8H,2,7H2. The van der Waals surface area contributed by atoms with Crippen molar-refractivity contribution < 1.29 is 8.78 Å². The zero-order chi connectivity index (χ0) is 13.5. The van der Waals surface area contributed by atoms with E-state index in [9.17, 15) is 8.78 Å². The Morgan fingerprint density at radius 3 is 2.42 bits per heavy atom. The fourth-order valence-corrected chi connectivity index (χ4v) is 4.05. The summed E-state index contributed by atoms with van der Waals surface area (Å²) in [6.45, 7) is 0. The summed E-state index contributed by atoms with van der Waals surface area (Å²) in [5.74, 6) is -1.08. The molecule has 2 aromatic rings. The maximum absolute atomic E-state index is 14.1. The summed E-state index contributed by atoms with van der Waals surface area (Å²) in [7, 11) is 0. The number of halogens is 3. The molecule has 0 saturated carbocycles. The normalized spacial score (nSPS) is 22.1. The zero-order valence-electron chi connectivity index (χ0n) is 9.87. The molecule has 3 rings (SSSR count). The van der Waals surface area contributed by atoms with E-state index in [2.05, 4.69) is 20.9 Å². The summed E-state index contributed by atoms with van der Waals surface area (Å²) < 4.78 is 29.2. The lowest BCUT2D eigenvalue weighted by atomic mass is 9.85. The average Bonchev–Trinajstić information content (AvgIpc) is 2.99. The van der Waals surface area contributed by atoms with Gasteiger partial charge in [-0.05, 0) is 53.0 Å². The number of hydrogen-bond acceptors (Lipinski definition) is 2. The average molecular weight is 342 g/mol. The summed E-state index contributed by atoms with van der Waals surface area (Å²) in [6.07, 6.45) is 3.07. The van der Waals surface area contributed by atoms with E-state index in [-0.39, 0.29) is 5.56 Å². The van der Waals surface area contributed by atoms with E-state index >= 15 is 0 Å². The largest absolute Gasteiger partial charge is 0.280 e. The van der Waals surface area contributed by atoms with Crippen LogP contribution in [-0.2, 0) is 5.54 Å². The first-order chi connectivity index (χ1) is 9.13. The molecule has 0 bridgehead atoms. The highest BCUT2D eigenvalue weighted by Crippen LogP contribution is 2.46. The molecule has 0 spiro atoms. The molecule has 0 aliphatic carbocycles. The van der Waals surface area contributed by atoms with Gasteiger partial charge in [-0.15, -0.1) is 11.3 Å². The van der Waals surface area contributed by atoms with E-state index in [4.69, 9.17) is 0 Å². The summed E-state index contributed by atoms with van der Waals surface area (Å²) in [5, 5.41) is 0. The van der Waals surface area contributed by atoms with E-state index in [0.29, 0.717) is 6.42 Å². The van der Waals surface area contributed by atoms with Gasteiger partial charge in [-0.1, -0.05) is 6.07 Å². The van der Waals surface area contributed by atoms with Gasteiger partial charge in [0, 0.05) is 11.1 Å². The topological polar surface area (TPSA) is 12.4 Å². The molecule has 2 heterocycles. The Morgan fingerprint density at radius 1 is 1.16 bits per heavy atom. The van der Waals surface area contributed by atoms with Gasteiger partial charge in [0.05, 0.1) is 9.35 Å². The van der Waals surface area contributed by atoms with E-state index in [1.807, 2.05) is 12.1 Å². The Balaban J connectivity index is 2.25. The molecule has 1 aliphatic heterocycles. The molecule has 19 heavy (non-hydrogen) atoms. The zero-order valence-corrected chi connectivity index (χ0v) is 12.3. The second-order valence-electron chi connectivity index (χ2n) is 4.41. The molecular weight excluding hydrogens is 332 g/mol. The summed E-state index contributed by atoms with van der Waals surface area (Å²) in [5.41, 5.74) is -0.857. The van der Waals surface area contributed by atoms with Gasteiger partial charge in [0.25, 0.3) is 0 Å². The minimum absolute atomic E-state index is 0.0538. The molecule has 1 aromatic carbocycles. The monoisotopic (exact) mass is 341 g/mol. The Bertz CT molecular complexity index is 632. The van der Waals surface area contributed by atoms with Gasteiger partial charge in [-0.25, -0.2) is 8.78 Å². The first-order valence-electron chi connectivity index (χ1n) is 5.87. The predicted octanol–water partition coefficient (Wildman–Crippen LogP) is 4.90. The Hall–Kier alpha value is -1.07. The first kappa shape index (κ1) is 12.9. The molecule has 0 saturated heterocycles. The van der Waals surface area contributed by atoms with E-state index in [1.165, 1.54) is 29.5 Å². The van der Waals surface area contributed by atoms with Crippen LogP contribution in [0.15, 0.2) is 39.1 Å². The van der Waals surface area contributed by atoms with E-state index < -0.39 is 17.2 Å². The van der Waals surface area contributed by atoms with E-state index in [0.717, 1.165) is 15.1 Å². The number of hydrogen-bond donors (Lipinski definition) is 0. The van der Waals surface area contributed by atoms with Crippen LogP contribution in [0.4, 0.5) is 8.78 Å². The third-order valence-electron chi connectivity index (χ3n) is 3.30. The quantitative estimate of drug-likeness (QED) is 0.736. The van der Waals surface area contributed by atoms with Crippen molar-refractivity contribution in [3.05, 3.63) is 56.2 Å². The number of rotatable bonds is 2. The van der Waals surface area contributed by atoms with E-state index in [1.54, 1.807) is 6.21 Å². The van der Waals surface area contributed by atoms with Gasteiger partial charge in [0.1, 0.15) is 17.2 Å². The lowest BCUT2D eigenvalue weighted by Crippen LogP contribution is -2.24. The Morgan fingerprint density at radius 2 is 1.89 bits per heavy atom. The smallest absolute Gasteiger partial charge is 0.132 e. The number of nitrogens with zero attached hydrogens (tertiary/aromatic N) is 1. The van der Waals surface area contributed by atoms with Crippen LogP contribution < -0.4 is 0 Å². The molecule has 0 amide bonds. The van der Waals surface area contributed by atoms with Gasteiger partial charge >= 0.3 is 0 Å². The van der Waals surface area contributed by atoms with Crippen molar-refractivity contribution in [2.24, 2.45) is 4.99 Å². The number of thiophene rings is 1. The maximum atomic E-state index is 14.1. The maximum Gasteiger partial charge on any atom is 0.132 e. The lowest BCUT2D eigenvalue weighted by molar-refractivity contribution is 0.461. The predicted molar refractivity (Wildman–Crippen MR) is 76.9 cm³/mol. The van der Waals surface area contributed by atoms with Crippen LogP contribution in [0.1, 0.15) is 23.3 Å². The van der Waals surface area contributed by atoms with Gasteiger partial charge in [-0.2, -0.15) is 0 Å². The minimum Gasteiger partial charge on any atom is -0.280 e. The van der Waals surface area contributed by atoms with Crippen LogP contribution in [0.3, 0.4) is 0 Å². The lowest BCUT2D eigenvalue weighted by Gasteiger charge is -2.26. The van der Waals surface area contributed by atoms with Crippen LogP contribution in [0.5, 0.6) is 0 Å². The fraction of sp³-hybridized carbons (Fsp3) is 0.214. The van der Waals surface area contributed by atoms with Crippen LogP contribution in [0, 0.1) is 11.6 Å². The minimum atomic E-state index is -0.911. The van der Waals surface area contributed by atoms with Crippen molar-refractivity contribution in [2.75, 3.05) is 0 Å². The SMILES string of the molecule is Fc1cccc(F)c1C1(c2ccc(Br)s2)CCC=N1. The van der Waals surface area contributed by atoms with Gasteiger partial charge in [0.2, 0.25) is 0 Å². The molecule has 98 valence electrons. The van der Waals surface area contributed by atoms with Crippen molar-refractivity contribution in [3.8, 4) is 0 Å². The van der Waals surface area contributed by atoms with Crippen LogP contribution in [0.2, 0.25) is 0 Å². The fourth-order valence-electron chi connectivity index (χ4n) is 2.49. The second-order valence-corrected chi connectivity index (χ2v) is 6.87. The van der Waals surface area contributed by atoms with Crippen molar-refractivity contribution in [1.82, 2.24) is 0 Å². The highest BCUT2D eigenvalue weighted by atomic mass is 79.9. The molecule has 1 aliphatic rings. The van der Waals surface area contributed by atoms with Crippen LogP contribution in [-0.4, -0.2) is 6.21 Å². The van der Waals surface area contributed by atoms with Crippen molar-refractivity contribution in [2.45, 2.75) is 18.4 Å².